The van der Waals surface area contributed by atoms with Crippen LogP contribution in [0.5, 0.6) is 0 Å². The van der Waals surface area contributed by atoms with Crippen molar-refractivity contribution in [3.05, 3.63) is 64.7 Å². The van der Waals surface area contributed by atoms with Gasteiger partial charge in [-0.05, 0) is 43.7 Å². The summed E-state index contributed by atoms with van der Waals surface area (Å²) in [6, 6.07) is 14.1. The average Bonchev–Trinajstić information content (AvgIpc) is 3.22. The van der Waals surface area contributed by atoms with Gasteiger partial charge >= 0.3 is 12.1 Å². The number of nitrogens with one attached hydrogen (secondary N) is 1. The van der Waals surface area contributed by atoms with E-state index in [4.69, 9.17) is 21.1 Å². The predicted molar refractivity (Wildman–Crippen MR) is 115 cm³/mol. The Labute approximate surface area is 185 Å². The fourth-order valence-corrected chi connectivity index (χ4v) is 4.32. The molecule has 2 amide bonds. The van der Waals surface area contributed by atoms with Gasteiger partial charge < -0.3 is 14.8 Å². The number of esters is 1. The van der Waals surface area contributed by atoms with Gasteiger partial charge in [0.2, 0.25) is 0 Å². The van der Waals surface area contributed by atoms with Crippen LogP contribution < -0.4 is 10.2 Å². The van der Waals surface area contributed by atoms with Crippen LogP contribution in [0.1, 0.15) is 24.5 Å². The number of fused-ring (bicyclic) bond motifs is 2. The summed E-state index contributed by atoms with van der Waals surface area (Å²) in [5.41, 5.74) is 0.941. The molecule has 2 aromatic carbocycles. The number of amides is 2. The lowest BCUT2D eigenvalue weighted by Crippen LogP contribution is -2.52. The van der Waals surface area contributed by atoms with Crippen LogP contribution in [0.3, 0.4) is 0 Å². The summed E-state index contributed by atoms with van der Waals surface area (Å²) >= 11 is 6.23. The highest BCUT2D eigenvalue weighted by molar-refractivity contribution is 6.31. The molecule has 2 aromatic rings. The molecule has 1 spiro atoms. The number of rotatable bonds is 5. The summed E-state index contributed by atoms with van der Waals surface area (Å²) in [6.07, 6.45) is -0.122. The smallest absolute Gasteiger partial charge is 0.422 e. The Hall–Kier alpha value is -2.90. The molecule has 2 unspecified atom stereocenters. The minimum Gasteiger partial charge on any atom is -0.465 e. The molecule has 0 saturated carbocycles. The SMILES string of the molecule is CCOC(=O)C(Cc1ccccc1)C(=O)N1C(=O)OC2(CCNC2)c2cc(Cl)ccc21. The molecule has 2 atom stereocenters. The highest BCUT2D eigenvalue weighted by Crippen LogP contribution is 2.44. The van der Waals surface area contributed by atoms with Crippen LogP contribution in [0, 0.1) is 5.92 Å². The number of carbonyl (C=O) groups excluding carboxylic acids is 3. The molecular formula is C23H23ClN2O5. The Kier molecular flexibility index (Phi) is 5.98. The maximum atomic E-state index is 13.6. The first-order valence-corrected chi connectivity index (χ1v) is 10.6. The maximum Gasteiger partial charge on any atom is 0.422 e. The fraction of sp³-hybridized carbons (Fsp3) is 0.348. The molecule has 2 heterocycles. The highest BCUT2D eigenvalue weighted by atomic mass is 35.5. The molecule has 7 nitrogen and oxygen atoms in total. The lowest BCUT2D eigenvalue weighted by molar-refractivity contribution is -0.151. The van der Waals surface area contributed by atoms with Crippen LogP contribution in [0.15, 0.2) is 48.5 Å². The lowest BCUT2D eigenvalue weighted by atomic mass is 9.88. The third-order valence-electron chi connectivity index (χ3n) is 5.64. The molecule has 0 bridgehead atoms. The second kappa shape index (κ2) is 8.69. The van der Waals surface area contributed by atoms with Crippen molar-refractivity contribution in [1.29, 1.82) is 0 Å². The number of hydrogen-bond acceptors (Lipinski definition) is 6. The van der Waals surface area contributed by atoms with Gasteiger partial charge in [0.15, 0.2) is 5.60 Å². The fourth-order valence-electron chi connectivity index (χ4n) is 4.15. The molecule has 0 aromatic heterocycles. The Balaban J connectivity index is 1.74. The molecule has 1 fully saturated rings. The Bertz CT molecular complexity index is 1000. The van der Waals surface area contributed by atoms with Crippen molar-refractivity contribution in [1.82, 2.24) is 5.32 Å². The van der Waals surface area contributed by atoms with Gasteiger partial charge in [0, 0.05) is 23.6 Å². The van der Waals surface area contributed by atoms with Crippen molar-refractivity contribution < 1.29 is 23.9 Å². The summed E-state index contributed by atoms with van der Waals surface area (Å²) in [4.78, 5) is 40.3. The zero-order chi connectivity index (χ0) is 22.0. The van der Waals surface area contributed by atoms with Gasteiger partial charge in [-0.3, -0.25) is 9.59 Å². The molecular weight excluding hydrogens is 420 g/mol. The van der Waals surface area contributed by atoms with Crippen molar-refractivity contribution in [3.8, 4) is 0 Å². The summed E-state index contributed by atoms with van der Waals surface area (Å²) in [5, 5.41) is 3.67. The number of halogens is 1. The second-order valence-electron chi connectivity index (χ2n) is 7.62. The van der Waals surface area contributed by atoms with Crippen LogP contribution in [0.25, 0.3) is 0 Å². The number of carbonyl (C=O) groups is 3. The van der Waals surface area contributed by atoms with Gasteiger partial charge in [0.05, 0.1) is 12.3 Å². The molecule has 31 heavy (non-hydrogen) atoms. The van der Waals surface area contributed by atoms with Gasteiger partial charge in [-0.15, -0.1) is 0 Å². The van der Waals surface area contributed by atoms with Crippen molar-refractivity contribution in [2.75, 3.05) is 24.6 Å². The summed E-state index contributed by atoms with van der Waals surface area (Å²) in [7, 11) is 0. The molecule has 162 valence electrons. The van der Waals surface area contributed by atoms with E-state index in [1.807, 2.05) is 30.3 Å². The monoisotopic (exact) mass is 442 g/mol. The number of nitrogens with zero attached hydrogens (tertiary/aromatic N) is 1. The highest BCUT2D eigenvalue weighted by Gasteiger charge is 2.50. The van der Waals surface area contributed by atoms with E-state index in [0.717, 1.165) is 10.5 Å². The molecule has 1 saturated heterocycles. The normalized spacial score (nSPS) is 20.8. The largest absolute Gasteiger partial charge is 0.465 e. The first-order valence-electron chi connectivity index (χ1n) is 10.2. The molecule has 4 rings (SSSR count). The quantitative estimate of drug-likeness (QED) is 0.564. The average molecular weight is 443 g/mol. The van der Waals surface area contributed by atoms with Gasteiger partial charge in [-0.2, -0.15) is 0 Å². The minimum absolute atomic E-state index is 0.109. The lowest BCUT2D eigenvalue weighted by Gasteiger charge is -2.40. The van der Waals surface area contributed by atoms with E-state index in [0.29, 0.717) is 35.8 Å². The van der Waals surface area contributed by atoms with E-state index in [1.165, 1.54) is 0 Å². The van der Waals surface area contributed by atoms with E-state index in [1.54, 1.807) is 25.1 Å². The van der Waals surface area contributed by atoms with Crippen LogP contribution in [-0.2, 0) is 31.1 Å². The summed E-state index contributed by atoms with van der Waals surface area (Å²) < 4.78 is 10.9. The first kappa shape index (κ1) is 21.3. The Morgan fingerprint density at radius 1 is 1.26 bits per heavy atom. The molecule has 0 aliphatic carbocycles. The number of imide groups is 1. The Morgan fingerprint density at radius 3 is 2.71 bits per heavy atom. The topological polar surface area (TPSA) is 84.9 Å². The molecule has 2 aliphatic rings. The van der Waals surface area contributed by atoms with Crippen LogP contribution in [0.2, 0.25) is 5.02 Å². The third kappa shape index (κ3) is 4.03. The van der Waals surface area contributed by atoms with Crippen molar-refractivity contribution >= 4 is 35.3 Å². The molecule has 1 N–H and O–H groups in total. The van der Waals surface area contributed by atoms with E-state index < -0.39 is 29.5 Å². The molecule has 0 radical (unpaired) electrons. The number of benzene rings is 2. The second-order valence-corrected chi connectivity index (χ2v) is 8.05. The van der Waals surface area contributed by atoms with Gasteiger partial charge in [-0.25, -0.2) is 9.69 Å². The first-order chi connectivity index (χ1) is 14.9. The number of anilines is 1. The molecule has 2 aliphatic heterocycles. The van der Waals surface area contributed by atoms with E-state index in [9.17, 15) is 14.4 Å². The van der Waals surface area contributed by atoms with E-state index in [-0.39, 0.29) is 13.0 Å². The number of ether oxygens (including phenoxy) is 2. The van der Waals surface area contributed by atoms with Crippen LogP contribution in [-0.4, -0.2) is 37.7 Å². The van der Waals surface area contributed by atoms with Crippen molar-refractivity contribution in [2.24, 2.45) is 5.92 Å². The Morgan fingerprint density at radius 2 is 2.03 bits per heavy atom. The zero-order valence-electron chi connectivity index (χ0n) is 17.1. The zero-order valence-corrected chi connectivity index (χ0v) is 17.9. The van der Waals surface area contributed by atoms with E-state index in [2.05, 4.69) is 5.32 Å². The maximum absolute atomic E-state index is 13.6. The van der Waals surface area contributed by atoms with Crippen LogP contribution >= 0.6 is 11.6 Å². The standard InChI is InChI=1S/C23H23ClN2O5/c1-2-30-21(28)17(12-15-6-4-3-5-7-15)20(27)26-19-9-8-16(24)13-18(19)23(31-22(26)29)10-11-25-14-23/h3-9,13,17,25H,2,10-12,14H2,1H3. The minimum atomic E-state index is -1.19. The predicted octanol–water partition coefficient (Wildman–Crippen LogP) is 3.43. The van der Waals surface area contributed by atoms with Crippen molar-refractivity contribution in [2.45, 2.75) is 25.4 Å². The number of hydrogen-bond donors (Lipinski definition) is 1. The van der Waals surface area contributed by atoms with Gasteiger partial charge in [-0.1, -0.05) is 41.9 Å². The summed E-state index contributed by atoms with van der Waals surface area (Å²) in [5.74, 6) is -2.55. The van der Waals surface area contributed by atoms with E-state index >= 15 is 0 Å². The van der Waals surface area contributed by atoms with Gasteiger partial charge in [0.1, 0.15) is 5.92 Å². The van der Waals surface area contributed by atoms with Crippen LogP contribution in [0.4, 0.5) is 10.5 Å². The third-order valence-corrected chi connectivity index (χ3v) is 5.88. The van der Waals surface area contributed by atoms with Crippen molar-refractivity contribution in [3.63, 3.8) is 0 Å². The molecule has 8 heteroatoms. The summed E-state index contributed by atoms with van der Waals surface area (Å²) in [6.45, 7) is 2.90. The van der Waals surface area contributed by atoms with Gasteiger partial charge in [0.25, 0.3) is 5.91 Å².